The van der Waals surface area contributed by atoms with Crippen LogP contribution in [0.1, 0.15) is 18.9 Å². The molecule has 0 aliphatic carbocycles. The summed E-state index contributed by atoms with van der Waals surface area (Å²) in [6, 6.07) is 9.55. The number of rotatable bonds is 8. The second-order valence-electron chi connectivity index (χ2n) is 6.08. The van der Waals surface area contributed by atoms with Crippen molar-refractivity contribution in [1.82, 2.24) is 10.1 Å². The standard InChI is InChI=1S/C18H26N2O5/c1-4-15-10-19(11-16(15)18(22)20(23-2)24-3)12-17(21)25-13-14-8-6-5-7-9-14/h5-9,15-16H,4,10-13H2,1-3H3. The van der Waals surface area contributed by atoms with Gasteiger partial charge in [0.1, 0.15) is 6.61 Å². The third-order valence-corrected chi connectivity index (χ3v) is 4.47. The predicted octanol–water partition coefficient (Wildman–Crippen LogP) is 1.64. The highest BCUT2D eigenvalue weighted by Crippen LogP contribution is 2.28. The number of hydrogen-bond donors (Lipinski definition) is 0. The first-order valence-corrected chi connectivity index (χ1v) is 8.43. The van der Waals surface area contributed by atoms with Crippen molar-refractivity contribution < 1.29 is 24.0 Å². The van der Waals surface area contributed by atoms with Crippen LogP contribution in [0.5, 0.6) is 0 Å². The lowest BCUT2D eigenvalue weighted by Gasteiger charge is -2.22. The van der Waals surface area contributed by atoms with Gasteiger partial charge in [-0.25, -0.2) is 9.68 Å². The van der Waals surface area contributed by atoms with E-state index >= 15 is 0 Å². The molecule has 1 fully saturated rings. The molecule has 1 aliphatic rings. The van der Waals surface area contributed by atoms with Crippen LogP contribution in [0.3, 0.4) is 0 Å². The number of nitrogens with zero attached hydrogens (tertiary/aromatic N) is 2. The molecule has 1 aromatic rings. The van der Waals surface area contributed by atoms with Crippen molar-refractivity contribution >= 4 is 11.9 Å². The smallest absolute Gasteiger partial charge is 0.320 e. The molecule has 0 saturated carbocycles. The summed E-state index contributed by atoms with van der Waals surface area (Å²) in [5, 5.41) is 0.893. The SMILES string of the molecule is CCC1CN(CC(=O)OCc2ccccc2)CC1C(=O)N(OC)OC. The molecule has 1 aliphatic heterocycles. The van der Waals surface area contributed by atoms with E-state index in [0.29, 0.717) is 13.1 Å². The summed E-state index contributed by atoms with van der Waals surface area (Å²) in [6.45, 7) is 3.63. The molecule has 1 aromatic carbocycles. The van der Waals surface area contributed by atoms with Crippen molar-refractivity contribution in [3.05, 3.63) is 35.9 Å². The van der Waals surface area contributed by atoms with Crippen LogP contribution in [0.25, 0.3) is 0 Å². The lowest BCUT2D eigenvalue weighted by molar-refractivity contribution is -0.320. The average molecular weight is 350 g/mol. The Morgan fingerprint density at radius 3 is 2.44 bits per heavy atom. The van der Waals surface area contributed by atoms with Gasteiger partial charge in [0.05, 0.1) is 26.7 Å². The van der Waals surface area contributed by atoms with Gasteiger partial charge in [-0.3, -0.25) is 14.5 Å². The zero-order valence-corrected chi connectivity index (χ0v) is 15.0. The Labute approximate surface area is 148 Å². The number of likely N-dealkylation sites (tertiary alicyclic amines) is 1. The third kappa shape index (κ3) is 5.26. The molecule has 1 amide bonds. The van der Waals surface area contributed by atoms with Gasteiger partial charge in [0.25, 0.3) is 5.91 Å². The number of benzene rings is 1. The minimum absolute atomic E-state index is 0.155. The highest BCUT2D eigenvalue weighted by molar-refractivity contribution is 5.78. The minimum atomic E-state index is -0.290. The van der Waals surface area contributed by atoms with E-state index in [0.717, 1.165) is 17.2 Å². The van der Waals surface area contributed by atoms with Gasteiger partial charge in [0.2, 0.25) is 0 Å². The van der Waals surface area contributed by atoms with E-state index in [4.69, 9.17) is 14.4 Å². The maximum Gasteiger partial charge on any atom is 0.320 e. The predicted molar refractivity (Wildman–Crippen MR) is 90.8 cm³/mol. The van der Waals surface area contributed by atoms with Gasteiger partial charge < -0.3 is 4.74 Å². The van der Waals surface area contributed by atoms with E-state index < -0.39 is 0 Å². The van der Waals surface area contributed by atoms with Crippen molar-refractivity contribution in [3.8, 4) is 0 Å². The molecule has 7 nitrogen and oxygen atoms in total. The fourth-order valence-corrected chi connectivity index (χ4v) is 3.14. The Morgan fingerprint density at radius 2 is 1.84 bits per heavy atom. The highest BCUT2D eigenvalue weighted by atomic mass is 16.9. The molecular formula is C18H26N2O5. The van der Waals surface area contributed by atoms with Crippen LogP contribution in [0.4, 0.5) is 0 Å². The largest absolute Gasteiger partial charge is 0.460 e. The van der Waals surface area contributed by atoms with Crippen LogP contribution >= 0.6 is 0 Å². The Morgan fingerprint density at radius 1 is 1.16 bits per heavy atom. The summed E-state index contributed by atoms with van der Waals surface area (Å²) in [4.78, 5) is 36.3. The molecule has 25 heavy (non-hydrogen) atoms. The number of carbonyl (C=O) groups excluding carboxylic acids is 2. The molecule has 0 N–H and O–H groups in total. The normalized spacial score (nSPS) is 20.4. The molecule has 0 radical (unpaired) electrons. The number of hydrogen-bond acceptors (Lipinski definition) is 6. The summed E-state index contributed by atoms with van der Waals surface area (Å²) in [7, 11) is 2.77. The van der Waals surface area contributed by atoms with Gasteiger partial charge >= 0.3 is 5.97 Å². The fraction of sp³-hybridized carbons (Fsp3) is 0.556. The number of amides is 1. The molecule has 0 bridgehead atoms. The summed E-state index contributed by atoms with van der Waals surface area (Å²) in [5.41, 5.74) is 0.951. The minimum Gasteiger partial charge on any atom is -0.460 e. The van der Waals surface area contributed by atoms with Crippen molar-refractivity contribution in [2.75, 3.05) is 33.9 Å². The monoisotopic (exact) mass is 350 g/mol. The molecule has 7 heteroatoms. The van der Waals surface area contributed by atoms with Crippen LogP contribution in [0, 0.1) is 11.8 Å². The first kappa shape index (κ1) is 19.4. The van der Waals surface area contributed by atoms with E-state index in [-0.39, 0.29) is 36.9 Å². The zero-order valence-electron chi connectivity index (χ0n) is 15.0. The molecule has 2 unspecified atom stereocenters. The average Bonchev–Trinajstić information content (AvgIpc) is 3.04. The van der Waals surface area contributed by atoms with Gasteiger partial charge in [-0.15, -0.1) is 0 Å². The summed E-state index contributed by atoms with van der Waals surface area (Å²) < 4.78 is 5.32. The van der Waals surface area contributed by atoms with E-state index in [1.54, 1.807) is 0 Å². The molecule has 1 heterocycles. The van der Waals surface area contributed by atoms with Crippen molar-refractivity contribution in [2.24, 2.45) is 11.8 Å². The Bertz CT molecular complexity index is 562. The molecule has 0 aromatic heterocycles. The van der Waals surface area contributed by atoms with E-state index in [1.807, 2.05) is 42.2 Å². The molecule has 0 spiro atoms. The molecule has 1 saturated heterocycles. The van der Waals surface area contributed by atoms with Crippen LogP contribution in [-0.4, -0.2) is 55.9 Å². The van der Waals surface area contributed by atoms with Crippen molar-refractivity contribution in [1.29, 1.82) is 0 Å². The first-order valence-electron chi connectivity index (χ1n) is 8.43. The van der Waals surface area contributed by atoms with Gasteiger partial charge in [0, 0.05) is 13.1 Å². The highest BCUT2D eigenvalue weighted by Gasteiger charge is 2.40. The van der Waals surface area contributed by atoms with E-state index in [2.05, 4.69) is 0 Å². The molecule has 2 atom stereocenters. The van der Waals surface area contributed by atoms with Crippen molar-refractivity contribution in [2.45, 2.75) is 20.0 Å². The van der Waals surface area contributed by atoms with Crippen LogP contribution < -0.4 is 0 Å². The zero-order chi connectivity index (χ0) is 18.2. The Hall–Kier alpha value is -1.96. The van der Waals surface area contributed by atoms with Crippen LogP contribution in [-0.2, 0) is 30.6 Å². The Kier molecular flexibility index (Phi) is 7.36. The maximum atomic E-state index is 12.5. The van der Waals surface area contributed by atoms with Gasteiger partial charge in [0.15, 0.2) is 0 Å². The second kappa shape index (κ2) is 9.50. The van der Waals surface area contributed by atoms with Gasteiger partial charge in [-0.1, -0.05) is 48.9 Å². The summed E-state index contributed by atoms with van der Waals surface area (Å²) in [5.74, 6) is -0.617. The van der Waals surface area contributed by atoms with Gasteiger partial charge in [-0.2, -0.15) is 0 Å². The van der Waals surface area contributed by atoms with E-state index in [1.165, 1.54) is 14.2 Å². The maximum absolute atomic E-state index is 12.5. The quantitative estimate of drug-likeness (QED) is 0.524. The molecular weight excluding hydrogens is 324 g/mol. The third-order valence-electron chi connectivity index (χ3n) is 4.47. The van der Waals surface area contributed by atoms with Crippen LogP contribution in [0.2, 0.25) is 0 Å². The molecule has 138 valence electrons. The summed E-state index contributed by atoms with van der Waals surface area (Å²) >= 11 is 0. The fourth-order valence-electron chi connectivity index (χ4n) is 3.14. The van der Waals surface area contributed by atoms with Crippen LogP contribution in [0.15, 0.2) is 30.3 Å². The Balaban J connectivity index is 1.86. The second-order valence-corrected chi connectivity index (χ2v) is 6.08. The topological polar surface area (TPSA) is 68.3 Å². The lowest BCUT2D eigenvalue weighted by Crippen LogP contribution is -2.38. The number of carbonyl (C=O) groups is 2. The van der Waals surface area contributed by atoms with Crippen molar-refractivity contribution in [3.63, 3.8) is 0 Å². The summed E-state index contributed by atoms with van der Waals surface area (Å²) in [6.07, 6.45) is 0.841. The van der Waals surface area contributed by atoms with E-state index in [9.17, 15) is 9.59 Å². The number of hydroxylamine groups is 2. The van der Waals surface area contributed by atoms with Gasteiger partial charge in [-0.05, 0) is 11.5 Å². The number of esters is 1. The molecule has 2 rings (SSSR count). The first-order chi connectivity index (χ1) is 12.1. The number of ether oxygens (including phenoxy) is 1. The lowest BCUT2D eigenvalue weighted by atomic mass is 9.93.